The lowest BCUT2D eigenvalue weighted by Crippen LogP contribution is -2.51. The van der Waals surface area contributed by atoms with E-state index in [0.717, 1.165) is 22.2 Å². The Morgan fingerprint density at radius 1 is 1.17 bits per heavy atom. The van der Waals surface area contributed by atoms with Gasteiger partial charge in [0.25, 0.3) is 0 Å². The lowest BCUT2D eigenvalue weighted by Gasteiger charge is -2.34. The number of aromatic amines is 1. The smallest absolute Gasteiger partial charge is 0.248 e. The second-order valence-electron chi connectivity index (χ2n) is 6.01. The summed E-state index contributed by atoms with van der Waals surface area (Å²) in [6.07, 6.45) is 0.198. The molecule has 0 spiro atoms. The first-order valence-electron chi connectivity index (χ1n) is 7.92. The number of nitrogens with one attached hydrogen (secondary N) is 1. The highest BCUT2D eigenvalue weighted by atomic mass is 19.1. The standard InChI is InChI=1S/C17H20FN3O3/c1-11-13(14-8-12(18)2-3-15(14)19-11)9-16(23)20-4-6-21(7-5-20)17(24)10-22/h2-3,8,19,22H,4-7,9-10H2,1H3. The summed E-state index contributed by atoms with van der Waals surface area (Å²) >= 11 is 0. The van der Waals surface area contributed by atoms with Crippen LogP contribution in [0.25, 0.3) is 10.9 Å². The molecule has 0 aliphatic carbocycles. The van der Waals surface area contributed by atoms with Crippen LogP contribution in [0.4, 0.5) is 4.39 Å². The SMILES string of the molecule is Cc1[nH]c2ccc(F)cc2c1CC(=O)N1CCN(C(=O)CO)CC1. The lowest BCUT2D eigenvalue weighted by molar-refractivity contribution is -0.140. The summed E-state index contributed by atoms with van der Waals surface area (Å²) in [5.74, 6) is -0.685. The summed E-state index contributed by atoms with van der Waals surface area (Å²) < 4.78 is 13.5. The Bertz CT molecular complexity index is 779. The van der Waals surface area contributed by atoms with E-state index in [-0.39, 0.29) is 24.1 Å². The van der Waals surface area contributed by atoms with Gasteiger partial charge in [0.2, 0.25) is 11.8 Å². The molecule has 2 aromatic rings. The number of H-pyrrole nitrogens is 1. The average Bonchev–Trinajstić information content (AvgIpc) is 2.89. The molecule has 0 bridgehead atoms. The fourth-order valence-electron chi connectivity index (χ4n) is 3.15. The monoisotopic (exact) mass is 333 g/mol. The van der Waals surface area contributed by atoms with Gasteiger partial charge in [-0.1, -0.05) is 0 Å². The highest BCUT2D eigenvalue weighted by molar-refractivity contribution is 5.90. The largest absolute Gasteiger partial charge is 0.387 e. The van der Waals surface area contributed by atoms with E-state index in [4.69, 9.17) is 5.11 Å². The number of nitrogens with zero attached hydrogens (tertiary/aromatic N) is 2. The summed E-state index contributed by atoms with van der Waals surface area (Å²) in [6, 6.07) is 4.51. The summed E-state index contributed by atoms with van der Waals surface area (Å²) in [7, 11) is 0. The van der Waals surface area contributed by atoms with Crippen molar-refractivity contribution in [1.29, 1.82) is 0 Å². The third-order valence-corrected chi connectivity index (χ3v) is 4.53. The van der Waals surface area contributed by atoms with E-state index in [0.29, 0.717) is 26.2 Å². The number of fused-ring (bicyclic) bond motifs is 1. The van der Waals surface area contributed by atoms with E-state index in [9.17, 15) is 14.0 Å². The summed E-state index contributed by atoms with van der Waals surface area (Å²) in [5.41, 5.74) is 2.48. The number of carbonyl (C=O) groups excluding carboxylic acids is 2. The molecular formula is C17H20FN3O3. The Hall–Kier alpha value is -2.41. The van der Waals surface area contributed by atoms with Gasteiger partial charge in [-0.05, 0) is 30.7 Å². The van der Waals surface area contributed by atoms with Crippen LogP contribution in [0.5, 0.6) is 0 Å². The number of rotatable bonds is 3. The lowest BCUT2D eigenvalue weighted by atomic mass is 10.1. The number of benzene rings is 1. The van der Waals surface area contributed by atoms with Crippen molar-refractivity contribution < 1.29 is 19.1 Å². The number of hydrogen-bond acceptors (Lipinski definition) is 3. The number of aliphatic hydroxyl groups is 1. The third-order valence-electron chi connectivity index (χ3n) is 4.53. The normalized spacial score (nSPS) is 15.1. The summed E-state index contributed by atoms with van der Waals surface area (Å²) in [5, 5.41) is 9.61. The van der Waals surface area contributed by atoms with Gasteiger partial charge in [-0.25, -0.2) is 4.39 Å². The zero-order valence-electron chi connectivity index (χ0n) is 13.5. The molecule has 128 valence electrons. The fourth-order valence-corrected chi connectivity index (χ4v) is 3.15. The van der Waals surface area contributed by atoms with Crippen molar-refractivity contribution in [2.45, 2.75) is 13.3 Å². The molecule has 1 saturated heterocycles. The van der Waals surface area contributed by atoms with Gasteiger partial charge in [0.05, 0.1) is 6.42 Å². The maximum atomic E-state index is 13.5. The number of aliphatic hydroxyl groups excluding tert-OH is 1. The minimum Gasteiger partial charge on any atom is -0.387 e. The first-order valence-corrected chi connectivity index (χ1v) is 7.92. The van der Waals surface area contributed by atoms with Gasteiger partial charge in [-0.15, -0.1) is 0 Å². The van der Waals surface area contributed by atoms with Crippen LogP contribution in [0.3, 0.4) is 0 Å². The van der Waals surface area contributed by atoms with Crippen LogP contribution in [0.15, 0.2) is 18.2 Å². The average molecular weight is 333 g/mol. The maximum Gasteiger partial charge on any atom is 0.248 e. The van der Waals surface area contributed by atoms with Crippen molar-refractivity contribution in [1.82, 2.24) is 14.8 Å². The van der Waals surface area contributed by atoms with Gasteiger partial charge in [0.1, 0.15) is 12.4 Å². The van der Waals surface area contributed by atoms with E-state index < -0.39 is 6.61 Å². The second-order valence-corrected chi connectivity index (χ2v) is 6.01. The molecule has 1 aliphatic heterocycles. The Kier molecular flexibility index (Phi) is 4.53. The zero-order valence-corrected chi connectivity index (χ0v) is 13.5. The molecule has 0 saturated carbocycles. The van der Waals surface area contributed by atoms with E-state index in [1.807, 2.05) is 6.92 Å². The van der Waals surface area contributed by atoms with Crippen LogP contribution in [-0.4, -0.2) is 64.5 Å². The second kappa shape index (κ2) is 6.60. The van der Waals surface area contributed by atoms with Crippen LogP contribution >= 0.6 is 0 Å². The highest BCUT2D eigenvalue weighted by Crippen LogP contribution is 2.24. The van der Waals surface area contributed by atoms with Gasteiger partial charge in [-0.3, -0.25) is 9.59 Å². The van der Waals surface area contributed by atoms with Gasteiger partial charge in [-0.2, -0.15) is 0 Å². The first kappa shape index (κ1) is 16.4. The Morgan fingerprint density at radius 2 is 1.79 bits per heavy atom. The minimum atomic E-state index is -0.506. The van der Waals surface area contributed by atoms with Crippen LogP contribution in [0, 0.1) is 12.7 Å². The number of aromatic nitrogens is 1. The summed E-state index contributed by atoms with van der Waals surface area (Å²) in [4.78, 5) is 30.4. The first-order chi connectivity index (χ1) is 11.5. The molecule has 2 heterocycles. The maximum absolute atomic E-state index is 13.5. The molecular weight excluding hydrogens is 313 g/mol. The van der Waals surface area contributed by atoms with Crippen molar-refractivity contribution >= 4 is 22.7 Å². The van der Waals surface area contributed by atoms with E-state index >= 15 is 0 Å². The molecule has 2 amide bonds. The number of halogens is 1. The van der Waals surface area contributed by atoms with Gasteiger partial charge >= 0.3 is 0 Å². The Labute approximate surface area is 138 Å². The van der Waals surface area contributed by atoms with Gasteiger partial charge in [0, 0.05) is 42.8 Å². The molecule has 1 aromatic heterocycles. The van der Waals surface area contributed by atoms with Crippen molar-refractivity contribution in [3.05, 3.63) is 35.3 Å². The number of aryl methyl sites for hydroxylation is 1. The van der Waals surface area contributed by atoms with Crippen molar-refractivity contribution in [3.63, 3.8) is 0 Å². The quantitative estimate of drug-likeness (QED) is 0.873. The highest BCUT2D eigenvalue weighted by Gasteiger charge is 2.24. The molecule has 3 rings (SSSR count). The molecule has 1 aliphatic rings. The van der Waals surface area contributed by atoms with E-state index in [1.165, 1.54) is 12.1 Å². The van der Waals surface area contributed by atoms with Crippen molar-refractivity contribution in [3.8, 4) is 0 Å². The molecule has 0 atom stereocenters. The molecule has 1 aromatic carbocycles. The van der Waals surface area contributed by atoms with E-state index in [1.54, 1.807) is 15.9 Å². The van der Waals surface area contributed by atoms with Crippen LogP contribution < -0.4 is 0 Å². The number of carbonyl (C=O) groups is 2. The van der Waals surface area contributed by atoms with Crippen LogP contribution in [0.2, 0.25) is 0 Å². The third kappa shape index (κ3) is 3.12. The molecule has 6 nitrogen and oxygen atoms in total. The van der Waals surface area contributed by atoms with E-state index in [2.05, 4.69) is 4.98 Å². The predicted octanol–water partition coefficient (Wildman–Crippen LogP) is 0.821. The molecule has 2 N–H and O–H groups in total. The molecule has 24 heavy (non-hydrogen) atoms. The number of hydrogen-bond donors (Lipinski definition) is 2. The molecule has 7 heteroatoms. The minimum absolute atomic E-state index is 0.0423. The molecule has 0 unspecified atom stereocenters. The zero-order chi connectivity index (χ0) is 17.3. The Morgan fingerprint density at radius 3 is 2.42 bits per heavy atom. The predicted molar refractivity (Wildman–Crippen MR) is 86.9 cm³/mol. The number of piperazine rings is 1. The topological polar surface area (TPSA) is 76.6 Å². The van der Waals surface area contributed by atoms with Crippen molar-refractivity contribution in [2.75, 3.05) is 32.8 Å². The molecule has 1 fully saturated rings. The summed E-state index contributed by atoms with van der Waals surface area (Å²) in [6.45, 7) is 3.10. The van der Waals surface area contributed by atoms with Gasteiger partial charge < -0.3 is 19.9 Å². The number of amides is 2. The van der Waals surface area contributed by atoms with Crippen LogP contribution in [0.1, 0.15) is 11.3 Å². The molecule has 0 radical (unpaired) electrons. The van der Waals surface area contributed by atoms with Crippen LogP contribution in [-0.2, 0) is 16.0 Å². The fraction of sp³-hybridized carbons (Fsp3) is 0.412. The Balaban J connectivity index is 1.71. The van der Waals surface area contributed by atoms with Gasteiger partial charge in [0.15, 0.2) is 0 Å². The van der Waals surface area contributed by atoms with Crippen molar-refractivity contribution in [2.24, 2.45) is 0 Å².